The van der Waals surface area contributed by atoms with Crippen LogP contribution in [0.5, 0.6) is 5.75 Å². The summed E-state index contributed by atoms with van der Waals surface area (Å²) < 4.78 is 11.9. The summed E-state index contributed by atoms with van der Waals surface area (Å²) in [5.41, 5.74) is 5.42. The van der Waals surface area contributed by atoms with Crippen LogP contribution in [0.3, 0.4) is 0 Å². The molecule has 2 aromatic rings. The van der Waals surface area contributed by atoms with Crippen molar-refractivity contribution in [2.75, 3.05) is 26.3 Å². The summed E-state index contributed by atoms with van der Waals surface area (Å²) in [7, 11) is 0. The molecular weight excluding hydrogens is 452 g/mol. The molecule has 0 spiro atoms. The molecule has 0 radical (unpaired) electrons. The maximum Gasteiger partial charge on any atom is 0.270 e. The van der Waals surface area contributed by atoms with Crippen LogP contribution < -0.4 is 15.4 Å². The van der Waals surface area contributed by atoms with Crippen molar-refractivity contribution in [3.8, 4) is 5.75 Å². The van der Waals surface area contributed by atoms with Crippen molar-refractivity contribution in [3.63, 3.8) is 0 Å². The SMILES string of the molecule is Cc1cccc(C(=O)NC(C)CC23CCC2N3C(C)c2ccc(OC[C@@H]3CNCCO3)c(C)c2C)n1. The van der Waals surface area contributed by atoms with Gasteiger partial charge in [-0.25, -0.2) is 4.98 Å². The van der Waals surface area contributed by atoms with Crippen LogP contribution in [0.1, 0.15) is 72.0 Å². The molecule has 2 aliphatic heterocycles. The smallest absolute Gasteiger partial charge is 0.270 e. The van der Waals surface area contributed by atoms with Crippen LogP contribution in [-0.4, -0.2) is 65.8 Å². The van der Waals surface area contributed by atoms with E-state index >= 15 is 0 Å². The Hall–Kier alpha value is -2.48. The van der Waals surface area contributed by atoms with E-state index in [-0.39, 0.29) is 23.6 Å². The normalized spacial score (nSPS) is 28.4. The molecule has 5 rings (SSSR count). The number of carbonyl (C=O) groups is 1. The van der Waals surface area contributed by atoms with Gasteiger partial charge in [0.25, 0.3) is 5.91 Å². The van der Waals surface area contributed by atoms with Crippen LogP contribution in [0, 0.1) is 20.8 Å². The number of hydrogen-bond acceptors (Lipinski definition) is 6. The summed E-state index contributed by atoms with van der Waals surface area (Å²) in [6.45, 7) is 13.8. The molecule has 2 saturated heterocycles. The molecule has 3 fully saturated rings. The average molecular weight is 493 g/mol. The summed E-state index contributed by atoms with van der Waals surface area (Å²) in [6.07, 6.45) is 3.50. The molecule has 2 N–H and O–H groups in total. The number of aromatic nitrogens is 1. The lowest BCUT2D eigenvalue weighted by atomic mass is 9.80. The molecule has 7 heteroatoms. The Labute approximate surface area is 215 Å². The van der Waals surface area contributed by atoms with Crippen LogP contribution >= 0.6 is 0 Å². The Kier molecular flexibility index (Phi) is 7.07. The van der Waals surface area contributed by atoms with Crippen molar-refractivity contribution in [3.05, 3.63) is 58.4 Å². The van der Waals surface area contributed by atoms with E-state index < -0.39 is 0 Å². The standard InChI is InChI=1S/C29H40N4O3/c1-18-7-6-8-25(31-18)28(34)32-19(2)15-29-12-11-27(29)33(29)22(5)24-9-10-26(21(4)20(24)3)36-17-23-16-30-13-14-35-23/h6-10,19,22-23,27,30H,11-17H2,1-5H3,(H,32,34)/t19?,22?,23-,27?,29?,33?/m0/s1. The largest absolute Gasteiger partial charge is 0.491 e. The van der Waals surface area contributed by atoms with E-state index in [9.17, 15) is 4.79 Å². The number of hydrogen-bond donors (Lipinski definition) is 2. The van der Waals surface area contributed by atoms with Gasteiger partial charge in [0.1, 0.15) is 24.2 Å². The Morgan fingerprint density at radius 2 is 2.08 bits per heavy atom. The zero-order valence-corrected chi connectivity index (χ0v) is 22.3. The Morgan fingerprint density at radius 1 is 1.25 bits per heavy atom. The highest BCUT2D eigenvalue weighted by atomic mass is 16.5. The van der Waals surface area contributed by atoms with Gasteiger partial charge < -0.3 is 20.1 Å². The predicted octanol–water partition coefficient (Wildman–Crippen LogP) is 3.86. The Balaban J connectivity index is 1.21. The van der Waals surface area contributed by atoms with Crippen LogP contribution in [0.2, 0.25) is 0 Å². The molecule has 194 valence electrons. The molecule has 6 atom stereocenters. The number of rotatable bonds is 9. The molecule has 1 amide bonds. The maximum atomic E-state index is 12.7. The summed E-state index contributed by atoms with van der Waals surface area (Å²) in [6, 6.07) is 11.0. The number of carbonyl (C=O) groups excluding carboxylic acids is 1. The number of nitrogens with zero attached hydrogens (tertiary/aromatic N) is 2. The third-order valence-electron chi connectivity index (χ3n) is 8.49. The number of benzene rings is 1. The van der Waals surface area contributed by atoms with E-state index in [1.54, 1.807) is 6.07 Å². The van der Waals surface area contributed by atoms with Crippen molar-refractivity contribution in [1.82, 2.24) is 20.5 Å². The van der Waals surface area contributed by atoms with Crippen molar-refractivity contribution in [1.29, 1.82) is 0 Å². The lowest BCUT2D eigenvalue weighted by Crippen LogP contribution is -2.41. The van der Waals surface area contributed by atoms with E-state index in [4.69, 9.17) is 9.47 Å². The number of morpholine rings is 1. The van der Waals surface area contributed by atoms with Crippen molar-refractivity contribution >= 4 is 5.91 Å². The van der Waals surface area contributed by atoms with Crippen molar-refractivity contribution < 1.29 is 14.3 Å². The summed E-state index contributed by atoms with van der Waals surface area (Å²) in [5.74, 6) is 0.859. The Morgan fingerprint density at radius 3 is 2.78 bits per heavy atom. The lowest BCUT2D eigenvalue weighted by molar-refractivity contribution is 0.0000461. The molecular formula is C29H40N4O3. The van der Waals surface area contributed by atoms with Gasteiger partial charge >= 0.3 is 0 Å². The van der Waals surface area contributed by atoms with Gasteiger partial charge in [-0.2, -0.15) is 0 Å². The minimum atomic E-state index is -0.0878. The molecule has 5 unspecified atom stereocenters. The molecule has 3 heterocycles. The van der Waals surface area contributed by atoms with E-state index in [0.29, 0.717) is 24.4 Å². The summed E-state index contributed by atoms with van der Waals surface area (Å²) in [5, 5.41) is 6.54. The van der Waals surface area contributed by atoms with E-state index in [1.807, 2.05) is 19.1 Å². The van der Waals surface area contributed by atoms with E-state index in [1.165, 1.54) is 29.5 Å². The van der Waals surface area contributed by atoms with E-state index in [2.05, 4.69) is 60.3 Å². The highest BCUT2D eigenvalue weighted by molar-refractivity contribution is 5.92. The van der Waals surface area contributed by atoms with Crippen LogP contribution in [0.25, 0.3) is 0 Å². The molecule has 7 nitrogen and oxygen atoms in total. The van der Waals surface area contributed by atoms with Gasteiger partial charge in [-0.3, -0.25) is 9.69 Å². The monoisotopic (exact) mass is 492 g/mol. The maximum absolute atomic E-state index is 12.7. The second-order valence-corrected chi connectivity index (χ2v) is 10.9. The van der Waals surface area contributed by atoms with Gasteiger partial charge in [0.05, 0.1) is 6.61 Å². The molecule has 3 aliphatic rings. The first kappa shape index (κ1) is 25.2. The van der Waals surface area contributed by atoms with Crippen LogP contribution in [-0.2, 0) is 4.74 Å². The lowest BCUT2D eigenvalue weighted by Gasteiger charge is -2.28. The molecule has 1 aliphatic carbocycles. The highest BCUT2D eigenvalue weighted by Gasteiger charge is 2.70. The molecule has 0 bridgehead atoms. The molecule has 36 heavy (non-hydrogen) atoms. The zero-order chi connectivity index (χ0) is 25.4. The first-order chi connectivity index (χ1) is 17.3. The van der Waals surface area contributed by atoms with Crippen LogP contribution in [0.15, 0.2) is 30.3 Å². The molecule has 1 saturated carbocycles. The molecule has 1 aromatic carbocycles. The Bertz CT molecular complexity index is 1120. The quantitative estimate of drug-likeness (QED) is 0.518. The minimum Gasteiger partial charge on any atom is -0.491 e. The number of ether oxygens (including phenoxy) is 2. The fraction of sp³-hybridized carbons (Fsp3) is 0.586. The fourth-order valence-electron chi connectivity index (χ4n) is 6.37. The zero-order valence-electron chi connectivity index (χ0n) is 22.3. The average Bonchev–Trinajstić information content (AvgIpc) is 3.32. The fourth-order valence-corrected chi connectivity index (χ4v) is 6.37. The third kappa shape index (κ3) is 4.76. The van der Waals surface area contributed by atoms with Gasteiger partial charge in [-0.15, -0.1) is 0 Å². The van der Waals surface area contributed by atoms with Gasteiger partial charge in [0.2, 0.25) is 0 Å². The van der Waals surface area contributed by atoms with Gasteiger partial charge in [-0.1, -0.05) is 12.1 Å². The topological polar surface area (TPSA) is 75.5 Å². The third-order valence-corrected chi connectivity index (χ3v) is 8.49. The van der Waals surface area contributed by atoms with Gasteiger partial charge in [0, 0.05) is 42.4 Å². The first-order valence-corrected chi connectivity index (χ1v) is 13.4. The number of amides is 1. The number of nitrogens with one attached hydrogen (secondary N) is 2. The summed E-state index contributed by atoms with van der Waals surface area (Å²) in [4.78, 5) is 19.8. The van der Waals surface area contributed by atoms with Crippen molar-refractivity contribution in [2.45, 2.75) is 83.6 Å². The number of aryl methyl sites for hydroxylation is 1. The van der Waals surface area contributed by atoms with Crippen LogP contribution in [0.4, 0.5) is 0 Å². The minimum absolute atomic E-state index is 0.0878. The van der Waals surface area contributed by atoms with Gasteiger partial charge in [0.15, 0.2) is 0 Å². The number of fused-ring (bicyclic) bond motifs is 1. The second-order valence-electron chi connectivity index (χ2n) is 10.9. The second kappa shape index (κ2) is 10.1. The molecule has 1 aromatic heterocycles. The first-order valence-electron chi connectivity index (χ1n) is 13.4. The van der Waals surface area contributed by atoms with Crippen molar-refractivity contribution in [2.24, 2.45) is 0 Å². The number of pyridine rings is 1. The number of likely N-dealkylation sites (tertiary alicyclic amines) is 1. The van der Waals surface area contributed by atoms with Gasteiger partial charge in [-0.05, 0) is 88.8 Å². The predicted molar refractivity (Wildman–Crippen MR) is 141 cm³/mol. The van der Waals surface area contributed by atoms with E-state index in [0.717, 1.165) is 37.6 Å². The highest BCUT2D eigenvalue weighted by Crippen LogP contribution is 2.63. The summed E-state index contributed by atoms with van der Waals surface area (Å²) >= 11 is 0.